The average Bonchev–Trinajstić information content (AvgIpc) is 2.80. The number of carbonyl (C=O) groups is 1. The fraction of sp³-hybridized carbons (Fsp3) is 0.269. The highest BCUT2D eigenvalue weighted by Crippen LogP contribution is 2.51. The maximum Gasteiger partial charge on any atom is 0.335 e. The van der Waals surface area contributed by atoms with Crippen LogP contribution in [-0.4, -0.2) is 19.1 Å². The number of hydrogen-bond donors (Lipinski definition) is 0. The standard InChI is InChI=1S/C26H29ClNO4P/c1-4-31-33(30,32-5-2)19-22-11-13-23(14-12-22)26(29)28(18-21-9-7-6-8-10-21)24-15-16-25(27)20(3)17-24/h6-17H,4-5,18-19H2,1-3H3. The summed E-state index contributed by atoms with van der Waals surface area (Å²) in [6, 6.07) is 22.5. The summed E-state index contributed by atoms with van der Waals surface area (Å²) in [6.45, 7) is 6.53. The van der Waals surface area contributed by atoms with Gasteiger partial charge in [0.25, 0.3) is 5.91 Å². The third-order valence-corrected chi connectivity index (χ3v) is 7.59. The van der Waals surface area contributed by atoms with Gasteiger partial charge in [0.05, 0.1) is 25.9 Å². The van der Waals surface area contributed by atoms with E-state index in [0.29, 0.717) is 30.3 Å². The lowest BCUT2D eigenvalue weighted by Gasteiger charge is -2.24. The lowest BCUT2D eigenvalue weighted by atomic mass is 10.1. The number of amides is 1. The highest BCUT2D eigenvalue weighted by atomic mass is 35.5. The van der Waals surface area contributed by atoms with Crippen molar-refractivity contribution < 1.29 is 18.4 Å². The van der Waals surface area contributed by atoms with Crippen LogP contribution in [0.5, 0.6) is 0 Å². The minimum absolute atomic E-state index is 0.134. The van der Waals surface area contributed by atoms with E-state index in [-0.39, 0.29) is 12.1 Å². The third-order valence-electron chi connectivity index (χ3n) is 5.11. The maximum atomic E-state index is 13.5. The molecule has 0 aliphatic heterocycles. The monoisotopic (exact) mass is 485 g/mol. The molecule has 3 aromatic rings. The van der Waals surface area contributed by atoms with Crippen LogP contribution in [0.4, 0.5) is 5.69 Å². The summed E-state index contributed by atoms with van der Waals surface area (Å²) in [5.74, 6) is -0.134. The highest BCUT2D eigenvalue weighted by molar-refractivity contribution is 7.53. The van der Waals surface area contributed by atoms with Crippen molar-refractivity contribution in [2.75, 3.05) is 18.1 Å². The minimum Gasteiger partial charge on any atom is -0.309 e. The van der Waals surface area contributed by atoms with Crippen molar-refractivity contribution in [1.82, 2.24) is 0 Å². The number of carbonyl (C=O) groups excluding carboxylic acids is 1. The first-order valence-corrected chi connectivity index (χ1v) is 13.0. The molecule has 3 rings (SSSR count). The van der Waals surface area contributed by atoms with Crippen molar-refractivity contribution in [2.45, 2.75) is 33.5 Å². The summed E-state index contributed by atoms with van der Waals surface area (Å²) in [5.41, 5.74) is 4.01. The first-order chi connectivity index (χ1) is 15.8. The van der Waals surface area contributed by atoms with Crippen LogP contribution < -0.4 is 4.90 Å². The Hall–Kier alpha value is -2.43. The Bertz CT molecular complexity index is 1110. The topological polar surface area (TPSA) is 55.8 Å². The van der Waals surface area contributed by atoms with Crippen LogP contribution in [0.15, 0.2) is 72.8 Å². The molecule has 0 saturated heterocycles. The van der Waals surface area contributed by atoms with Gasteiger partial charge in [0, 0.05) is 16.3 Å². The quantitative estimate of drug-likeness (QED) is 0.283. The lowest BCUT2D eigenvalue weighted by molar-refractivity contribution is 0.0985. The van der Waals surface area contributed by atoms with E-state index in [1.54, 1.807) is 49.1 Å². The van der Waals surface area contributed by atoms with E-state index in [1.807, 2.05) is 49.4 Å². The van der Waals surface area contributed by atoms with Crippen LogP contribution in [0.25, 0.3) is 0 Å². The van der Waals surface area contributed by atoms with Crippen molar-refractivity contribution >= 4 is 30.8 Å². The fourth-order valence-electron chi connectivity index (χ4n) is 3.50. The van der Waals surface area contributed by atoms with E-state index in [2.05, 4.69) is 0 Å². The lowest BCUT2D eigenvalue weighted by Crippen LogP contribution is -2.30. The Kier molecular flexibility index (Phi) is 8.87. The molecule has 0 spiro atoms. The zero-order valence-corrected chi connectivity index (χ0v) is 20.8. The van der Waals surface area contributed by atoms with E-state index in [0.717, 1.165) is 22.4 Å². The number of benzene rings is 3. The molecule has 0 fully saturated rings. The second kappa shape index (κ2) is 11.6. The molecule has 0 atom stereocenters. The van der Waals surface area contributed by atoms with Gasteiger partial charge in [-0.05, 0) is 67.8 Å². The molecular weight excluding hydrogens is 457 g/mol. The normalized spacial score (nSPS) is 11.4. The molecule has 0 aliphatic carbocycles. The number of nitrogens with zero attached hydrogens (tertiary/aromatic N) is 1. The zero-order chi connectivity index (χ0) is 23.8. The van der Waals surface area contributed by atoms with Gasteiger partial charge in [-0.3, -0.25) is 9.36 Å². The molecule has 0 aromatic heterocycles. The largest absolute Gasteiger partial charge is 0.335 e. The minimum atomic E-state index is -3.21. The SMILES string of the molecule is CCOP(=O)(Cc1ccc(C(=O)N(Cc2ccccc2)c2ccc(Cl)c(C)c2)cc1)OCC. The molecule has 0 heterocycles. The molecular formula is C26H29ClNO4P. The third kappa shape index (κ3) is 6.78. The van der Waals surface area contributed by atoms with Gasteiger partial charge >= 0.3 is 7.60 Å². The number of halogens is 1. The second-order valence-electron chi connectivity index (χ2n) is 7.61. The molecule has 174 valence electrons. The van der Waals surface area contributed by atoms with Crippen LogP contribution in [-0.2, 0) is 26.3 Å². The van der Waals surface area contributed by atoms with Crippen LogP contribution in [0.1, 0.15) is 40.9 Å². The smallest absolute Gasteiger partial charge is 0.309 e. The molecule has 0 bridgehead atoms. The summed E-state index contributed by atoms with van der Waals surface area (Å²) >= 11 is 6.21. The fourth-order valence-corrected chi connectivity index (χ4v) is 5.32. The zero-order valence-electron chi connectivity index (χ0n) is 19.2. The van der Waals surface area contributed by atoms with Crippen molar-refractivity contribution in [3.63, 3.8) is 0 Å². The summed E-state index contributed by atoms with van der Waals surface area (Å²) in [6.07, 6.45) is 0.160. The van der Waals surface area contributed by atoms with Gasteiger partial charge in [-0.2, -0.15) is 0 Å². The van der Waals surface area contributed by atoms with Gasteiger partial charge in [-0.25, -0.2) is 0 Å². The highest BCUT2D eigenvalue weighted by Gasteiger charge is 2.25. The van der Waals surface area contributed by atoms with Crippen molar-refractivity contribution in [3.05, 3.63) is 100 Å². The van der Waals surface area contributed by atoms with Gasteiger partial charge in [0.2, 0.25) is 0 Å². The number of hydrogen-bond acceptors (Lipinski definition) is 4. The molecule has 5 nitrogen and oxygen atoms in total. The summed E-state index contributed by atoms with van der Waals surface area (Å²) in [4.78, 5) is 15.3. The first kappa shape index (κ1) is 25.2. The molecule has 1 amide bonds. The molecule has 33 heavy (non-hydrogen) atoms. The van der Waals surface area contributed by atoms with Crippen molar-refractivity contribution in [2.24, 2.45) is 0 Å². The molecule has 0 radical (unpaired) electrons. The van der Waals surface area contributed by atoms with Crippen molar-refractivity contribution in [3.8, 4) is 0 Å². The van der Waals surface area contributed by atoms with E-state index >= 15 is 0 Å². The van der Waals surface area contributed by atoms with Gasteiger partial charge < -0.3 is 13.9 Å². The van der Waals surface area contributed by atoms with E-state index < -0.39 is 7.60 Å². The number of aryl methyl sites for hydroxylation is 1. The summed E-state index contributed by atoms with van der Waals surface area (Å²) in [5, 5.41) is 0.656. The van der Waals surface area contributed by atoms with E-state index in [9.17, 15) is 9.36 Å². The molecule has 0 unspecified atom stereocenters. The maximum absolute atomic E-state index is 13.5. The van der Waals surface area contributed by atoms with Gasteiger partial charge in [-0.15, -0.1) is 0 Å². The van der Waals surface area contributed by atoms with Crippen LogP contribution in [0.3, 0.4) is 0 Å². The summed E-state index contributed by atoms with van der Waals surface area (Å²) < 4.78 is 23.6. The average molecular weight is 486 g/mol. The Morgan fingerprint density at radius 3 is 2.12 bits per heavy atom. The van der Waals surface area contributed by atoms with Gasteiger partial charge in [0.1, 0.15) is 0 Å². The van der Waals surface area contributed by atoms with Crippen molar-refractivity contribution in [1.29, 1.82) is 0 Å². The Labute approximate surface area is 200 Å². The number of rotatable bonds is 10. The molecule has 0 N–H and O–H groups in total. The van der Waals surface area contributed by atoms with Gasteiger partial charge in [-0.1, -0.05) is 54.1 Å². The Morgan fingerprint density at radius 2 is 1.55 bits per heavy atom. The summed E-state index contributed by atoms with van der Waals surface area (Å²) in [7, 11) is -3.21. The van der Waals surface area contributed by atoms with Crippen LogP contribution in [0, 0.1) is 6.92 Å². The second-order valence-corrected chi connectivity index (χ2v) is 10.1. The van der Waals surface area contributed by atoms with Crippen LogP contribution >= 0.6 is 19.2 Å². The number of anilines is 1. The first-order valence-electron chi connectivity index (χ1n) is 10.9. The molecule has 0 aliphatic rings. The Balaban J connectivity index is 1.87. The van der Waals surface area contributed by atoms with E-state index in [4.69, 9.17) is 20.6 Å². The molecule has 3 aromatic carbocycles. The molecule has 7 heteroatoms. The predicted molar refractivity (Wildman–Crippen MR) is 134 cm³/mol. The Morgan fingerprint density at radius 1 is 0.909 bits per heavy atom. The molecule has 0 saturated carbocycles. The van der Waals surface area contributed by atoms with Crippen LogP contribution in [0.2, 0.25) is 5.02 Å². The predicted octanol–water partition coefficient (Wildman–Crippen LogP) is 7.26. The van der Waals surface area contributed by atoms with E-state index in [1.165, 1.54) is 0 Å². The van der Waals surface area contributed by atoms with Gasteiger partial charge in [0.15, 0.2) is 0 Å².